The van der Waals surface area contributed by atoms with Gasteiger partial charge in [0.2, 0.25) is 0 Å². The van der Waals surface area contributed by atoms with E-state index in [4.69, 9.17) is 0 Å². The number of nitrogens with one attached hydrogen (secondary N) is 2. The third-order valence-corrected chi connectivity index (χ3v) is 6.55. The molecule has 39 heavy (non-hydrogen) atoms. The zero-order valence-electron chi connectivity index (χ0n) is 21.5. The maximum atomic E-state index is 13.0. The van der Waals surface area contributed by atoms with Crippen LogP contribution in [-0.4, -0.2) is 24.9 Å². The summed E-state index contributed by atoms with van der Waals surface area (Å²) in [7, 11) is 1.31. The zero-order chi connectivity index (χ0) is 27.4. The number of methoxy groups -OCH3 is 1. The monoisotopic (exact) mass is 514 g/mol. The molecule has 0 bridgehead atoms. The third kappa shape index (κ3) is 5.55. The Morgan fingerprint density at radius 3 is 1.72 bits per heavy atom. The summed E-state index contributed by atoms with van der Waals surface area (Å²) in [4.78, 5) is 37.1. The highest BCUT2D eigenvalue weighted by atomic mass is 16.5. The summed E-state index contributed by atoms with van der Waals surface area (Å²) < 4.78 is 4.68. The minimum absolute atomic E-state index is 0.171. The summed E-state index contributed by atoms with van der Waals surface area (Å²) >= 11 is 0. The molecule has 5 rings (SSSR count). The van der Waals surface area contributed by atoms with Crippen LogP contribution >= 0.6 is 0 Å². The highest BCUT2D eigenvalue weighted by Gasteiger charge is 2.12. The fraction of sp³-hybridized carbons (Fsp3) is 0.0606. The molecular weight excluding hydrogens is 488 g/mol. The molecule has 0 unspecified atom stereocenters. The van der Waals surface area contributed by atoms with E-state index in [1.54, 1.807) is 36.4 Å². The van der Waals surface area contributed by atoms with Crippen LogP contribution in [0.5, 0.6) is 0 Å². The van der Waals surface area contributed by atoms with E-state index in [2.05, 4.69) is 15.4 Å². The fourth-order valence-electron chi connectivity index (χ4n) is 4.47. The molecule has 0 spiro atoms. The van der Waals surface area contributed by atoms with E-state index >= 15 is 0 Å². The standard InChI is InChI=1S/C33H26N2O4/c1-21-5-3-6-24-7-4-8-29(30(21)24)35-32(37)26-11-9-22(10-12-26)23-17-19-28(20-18-23)34-31(36)25-13-15-27(16-14-25)33(38)39-2/h3-20H,1-2H3,(H,34,36)(H,35,37). The van der Waals surface area contributed by atoms with Crippen LogP contribution in [0, 0.1) is 6.92 Å². The van der Waals surface area contributed by atoms with Gasteiger partial charge in [-0.2, -0.15) is 0 Å². The van der Waals surface area contributed by atoms with E-state index in [0.717, 1.165) is 33.2 Å². The van der Waals surface area contributed by atoms with Gasteiger partial charge >= 0.3 is 5.97 Å². The van der Waals surface area contributed by atoms with Crippen molar-refractivity contribution in [1.82, 2.24) is 0 Å². The van der Waals surface area contributed by atoms with Crippen molar-refractivity contribution in [3.05, 3.63) is 131 Å². The predicted molar refractivity (Wildman–Crippen MR) is 154 cm³/mol. The van der Waals surface area contributed by atoms with Gasteiger partial charge in [-0.15, -0.1) is 0 Å². The van der Waals surface area contributed by atoms with E-state index in [0.29, 0.717) is 22.4 Å². The van der Waals surface area contributed by atoms with Gasteiger partial charge in [0.1, 0.15) is 0 Å². The second kappa shape index (κ2) is 11.0. The number of fused-ring (bicyclic) bond motifs is 1. The van der Waals surface area contributed by atoms with Crippen LogP contribution in [0.2, 0.25) is 0 Å². The van der Waals surface area contributed by atoms with Crippen LogP contribution in [0.25, 0.3) is 21.9 Å². The van der Waals surface area contributed by atoms with Gasteiger partial charge in [-0.05, 0) is 83.6 Å². The zero-order valence-corrected chi connectivity index (χ0v) is 21.5. The first-order valence-corrected chi connectivity index (χ1v) is 12.4. The highest BCUT2D eigenvalue weighted by Crippen LogP contribution is 2.28. The minimum atomic E-state index is -0.453. The molecule has 0 fully saturated rings. The molecule has 2 amide bonds. The van der Waals surface area contributed by atoms with E-state index in [1.165, 1.54) is 7.11 Å². The quantitative estimate of drug-likeness (QED) is 0.237. The first kappa shape index (κ1) is 25.4. The van der Waals surface area contributed by atoms with Gasteiger partial charge in [0.05, 0.1) is 12.7 Å². The predicted octanol–water partition coefficient (Wildman–Crippen LogP) is 7.11. The first-order valence-electron chi connectivity index (χ1n) is 12.4. The van der Waals surface area contributed by atoms with Gasteiger partial charge in [0.15, 0.2) is 0 Å². The Hall–Kier alpha value is -5.23. The number of hydrogen-bond donors (Lipinski definition) is 2. The van der Waals surface area contributed by atoms with Crippen molar-refractivity contribution in [1.29, 1.82) is 0 Å². The molecule has 0 aliphatic heterocycles. The fourth-order valence-corrected chi connectivity index (χ4v) is 4.47. The van der Waals surface area contributed by atoms with Crippen molar-refractivity contribution in [2.45, 2.75) is 6.92 Å². The molecule has 5 aromatic carbocycles. The molecule has 0 saturated carbocycles. The molecule has 0 saturated heterocycles. The van der Waals surface area contributed by atoms with E-state index in [-0.39, 0.29) is 11.8 Å². The second-order valence-electron chi connectivity index (χ2n) is 9.11. The van der Waals surface area contributed by atoms with Gasteiger partial charge < -0.3 is 15.4 Å². The van der Waals surface area contributed by atoms with Crippen molar-refractivity contribution in [3.8, 4) is 11.1 Å². The molecule has 0 heterocycles. The molecule has 6 heteroatoms. The number of ether oxygens (including phenoxy) is 1. The average Bonchev–Trinajstić information content (AvgIpc) is 2.97. The second-order valence-corrected chi connectivity index (χ2v) is 9.11. The summed E-state index contributed by atoms with van der Waals surface area (Å²) in [5, 5.41) is 8.03. The minimum Gasteiger partial charge on any atom is -0.465 e. The SMILES string of the molecule is COC(=O)c1ccc(C(=O)Nc2ccc(-c3ccc(C(=O)Nc4cccc5cccc(C)c45)cc3)cc2)cc1. The van der Waals surface area contributed by atoms with Crippen LogP contribution < -0.4 is 10.6 Å². The smallest absolute Gasteiger partial charge is 0.337 e. The number of rotatable bonds is 6. The first-order chi connectivity index (χ1) is 18.9. The maximum absolute atomic E-state index is 13.0. The van der Waals surface area contributed by atoms with Gasteiger partial charge in [-0.25, -0.2) is 4.79 Å². The van der Waals surface area contributed by atoms with E-state index in [1.807, 2.05) is 79.7 Å². The lowest BCUT2D eigenvalue weighted by molar-refractivity contribution is 0.0600. The van der Waals surface area contributed by atoms with Gasteiger partial charge in [0.25, 0.3) is 11.8 Å². The topological polar surface area (TPSA) is 84.5 Å². The number of esters is 1. The number of benzene rings is 5. The molecule has 5 aromatic rings. The lowest BCUT2D eigenvalue weighted by Gasteiger charge is -2.11. The van der Waals surface area contributed by atoms with Gasteiger partial charge in [-0.3, -0.25) is 9.59 Å². The third-order valence-electron chi connectivity index (χ3n) is 6.55. The number of hydrogen-bond acceptors (Lipinski definition) is 4. The largest absolute Gasteiger partial charge is 0.465 e. The van der Waals surface area contributed by atoms with Gasteiger partial charge in [0, 0.05) is 27.9 Å². The average molecular weight is 515 g/mol. The van der Waals surface area contributed by atoms with Crippen molar-refractivity contribution in [2.24, 2.45) is 0 Å². The Balaban J connectivity index is 1.24. The molecule has 0 radical (unpaired) electrons. The summed E-state index contributed by atoms with van der Waals surface area (Å²) in [6.07, 6.45) is 0. The number of carbonyl (C=O) groups excluding carboxylic acids is 3. The van der Waals surface area contributed by atoms with Crippen molar-refractivity contribution in [2.75, 3.05) is 17.7 Å². The number of aryl methyl sites for hydroxylation is 1. The van der Waals surface area contributed by atoms with Crippen LogP contribution in [0.1, 0.15) is 36.6 Å². The summed E-state index contributed by atoms with van der Waals surface area (Å²) in [6.45, 7) is 2.03. The van der Waals surface area contributed by atoms with Gasteiger partial charge in [-0.1, -0.05) is 54.6 Å². The van der Waals surface area contributed by atoms with E-state index < -0.39 is 5.97 Å². The van der Waals surface area contributed by atoms with Crippen LogP contribution in [0.4, 0.5) is 11.4 Å². The Kier molecular flexibility index (Phi) is 7.19. The molecule has 192 valence electrons. The molecule has 0 aliphatic carbocycles. The van der Waals surface area contributed by atoms with Crippen LogP contribution in [0.15, 0.2) is 109 Å². The van der Waals surface area contributed by atoms with Crippen molar-refractivity contribution in [3.63, 3.8) is 0 Å². The van der Waals surface area contributed by atoms with Crippen LogP contribution in [0.3, 0.4) is 0 Å². The Labute approximate surface area is 226 Å². The lowest BCUT2D eigenvalue weighted by atomic mass is 10.0. The highest BCUT2D eigenvalue weighted by molar-refractivity contribution is 6.10. The molecule has 0 aromatic heterocycles. The summed E-state index contributed by atoms with van der Waals surface area (Å²) in [6, 6.07) is 33.1. The Bertz CT molecular complexity index is 1670. The number of anilines is 2. The molecule has 0 aliphatic rings. The van der Waals surface area contributed by atoms with Crippen LogP contribution in [-0.2, 0) is 4.74 Å². The van der Waals surface area contributed by atoms with E-state index in [9.17, 15) is 14.4 Å². The molecule has 0 atom stereocenters. The maximum Gasteiger partial charge on any atom is 0.337 e. The lowest BCUT2D eigenvalue weighted by Crippen LogP contribution is -2.12. The van der Waals surface area contributed by atoms with Crippen molar-refractivity contribution < 1.29 is 19.1 Å². The summed E-state index contributed by atoms with van der Waals surface area (Å²) in [5.41, 5.74) is 5.81. The Morgan fingerprint density at radius 1 is 0.590 bits per heavy atom. The summed E-state index contributed by atoms with van der Waals surface area (Å²) in [5.74, 6) is -0.906. The Morgan fingerprint density at radius 2 is 1.10 bits per heavy atom. The molecule has 2 N–H and O–H groups in total. The number of amides is 2. The number of carbonyl (C=O) groups is 3. The normalized spacial score (nSPS) is 10.6. The molecule has 6 nitrogen and oxygen atoms in total. The molecular formula is C33H26N2O4. The van der Waals surface area contributed by atoms with Crippen molar-refractivity contribution >= 4 is 39.9 Å².